The van der Waals surface area contributed by atoms with Crippen molar-refractivity contribution in [2.75, 3.05) is 27.2 Å². The summed E-state index contributed by atoms with van der Waals surface area (Å²) in [4.78, 5) is 13.0. The van der Waals surface area contributed by atoms with Gasteiger partial charge in [0.15, 0.2) is 0 Å². The average Bonchev–Trinajstić information content (AvgIpc) is 2.68. The molecular formula is C22H30N2O3. The molecule has 0 atom stereocenters. The maximum atomic E-state index is 10.9. The van der Waals surface area contributed by atoms with E-state index in [2.05, 4.69) is 41.3 Å². The molecule has 2 aromatic carbocycles. The van der Waals surface area contributed by atoms with Gasteiger partial charge in [0.25, 0.3) is 0 Å². The van der Waals surface area contributed by atoms with Crippen LogP contribution in [0.15, 0.2) is 48.5 Å². The number of amides is 1. The number of carbonyl (C=O) groups is 1. The van der Waals surface area contributed by atoms with Crippen molar-refractivity contribution in [1.29, 1.82) is 0 Å². The highest BCUT2D eigenvalue weighted by atomic mass is 16.5. The maximum Gasteiger partial charge on any atom is 0.243 e. The van der Waals surface area contributed by atoms with Crippen molar-refractivity contribution in [3.8, 4) is 16.9 Å². The van der Waals surface area contributed by atoms with E-state index in [1.807, 2.05) is 26.2 Å². The van der Waals surface area contributed by atoms with E-state index < -0.39 is 0 Å². The van der Waals surface area contributed by atoms with Crippen LogP contribution in [0.4, 0.5) is 0 Å². The number of carbonyl (C=O) groups excluding carboxylic acids is 1. The molecule has 2 N–H and O–H groups in total. The standard InChI is InChI=1S/C22H30N2O3/c1-24(2)16-17-27-21-14-12-20(13-15-21)19-10-8-18(9-11-19)6-4-3-5-7-22(25)23-26/h8-15,26H,3-7,16-17H2,1-2H3,(H,23,25). The van der Waals surface area contributed by atoms with Gasteiger partial charge in [0.05, 0.1) is 0 Å². The minimum atomic E-state index is -0.312. The van der Waals surface area contributed by atoms with Crippen LogP contribution in [0.5, 0.6) is 5.75 Å². The lowest BCUT2D eigenvalue weighted by molar-refractivity contribution is -0.129. The second-order valence-electron chi connectivity index (χ2n) is 6.97. The molecule has 0 aliphatic carbocycles. The zero-order valence-corrected chi connectivity index (χ0v) is 16.3. The Bertz CT molecular complexity index is 682. The summed E-state index contributed by atoms with van der Waals surface area (Å²) in [5.74, 6) is 0.584. The van der Waals surface area contributed by atoms with Gasteiger partial charge < -0.3 is 9.64 Å². The summed E-state index contributed by atoms with van der Waals surface area (Å²) in [5, 5.41) is 8.45. The first-order valence-electron chi connectivity index (χ1n) is 9.48. The summed E-state index contributed by atoms with van der Waals surface area (Å²) in [6, 6.07) is 16.8. The molecule has 5 heteroatoms. The Balaban J connectivity index is 1.78. The molecule has 0 bridgehead atoms. The molecule has 1 amide bonds. The van der Waals surface area contributed by atoms with Crippen LogP contribution in [0, 0.1) is 0 Å². The molecular weight excluding hydrogens is 340 g/mol. The fraction of sp³-hybridized carbons (Fsp3) is 0.409. The van der Waals surface area contributed by atoms with E-state index in [0.717, 1.165) is 38.0 Å². The lowest BCUT2D eigenvalue weighted by Gasteiger charge is -2.11. The van der Waals surface area contributed by atoms with Crippen molar-refractivity contribution in [3.63, 3.8) is 0 Å². The third kappa shape index (κ3) is 7.81. The number of nitrogens with zero attached hydrogens (tertiary/aromatic N) is 1. The highest BCUT2D eigenvalue weighted by Gasteiger charge is 2.02. The largest absolute Gasteiger partial charge is 0.492 e. The smallest absolute Gasteiger partial charge is 0.243 e. The number of hydroxylamine groups is 1. The van der Waals surface area contributed by atoms with Gasteiger partial charge in [-0.3, -0.25) is 10.0 Å². The van der Waals surface area contributed by atoms with Gasteiger partial charge in [0.1, 0.15) is 12.4 Å². The molecule has 27 heavy (non-hydrogen) atoms. The van der Waals surface area contributed by atoms with Crippen LogP contribution >= 0.6 is 0 Å². The fourth-order valence-electron chi connectivity index (χ4n) is 2.80. The third-order valence-electron chi connectivity index (χ3n) is 4.44. The van der Waals surface area contributed by atoms with E-state index in [0.29, 0.717) is 13.0 Å². The Morgan fingerprint density at radius 1 is 0.963 bits per heavy atom. The zero-order chi connectivity index (χ0) is 19.5. The summed E-state index contributed by atoms with van der Waals surface area (Å²) in [6.45, 7) is 1.59. The lowest BCUT2D eigenvalue weighted by Crippen LogP contribution is -2.19. The molecule has 0 heterocycles. The van der Waals surface area contributed by atoms with Gasteiger partial charge in [-0.25, -0.2) is 5.48 Å². The first-order chi connectivity index (χ1) is 13.1. The predicted molar refractivity (Wildman–Crippen MR) is 108 cm³/mol. The van der Waals surface area contributed by atoms with E-state index >= 15 is 0 Å². The molecule has 0 spiro atoms. The Morgan fingerprint density at radius 2 is 1.59 bits per heavy atom. The number of rotatable bonds is 11. The molecule has 0 fully saturated rings. The fourth-order valence-corrected chi connectivity index (χ4v) is 2.80. The van der Waals surface area contributed by atoms with Gasteiger partial charge in [0.2, 0.25) is 5.91 Å². The van der Waals surface area contributed by atoms with Crippen molar-refractivity contribution in [2.24, 2.45) is 0 Å². The number of likely N-dealkylation sites (N-methyl/N-ethyl adjacent to an activating group) is 1. The number of unbranched alkanes of at least 4 members (excludes halogenated alkanes) is 2. The Hall–Kier alpha value is -2.37. The molecule has 2 rings (SSSR count). The Labute approximate surface area is 161 Å². The Kier molecular flexibility index (Phi) is 8.81. The molecule has 0 radical (unpaired) electrons. The van der Waals surface area contributed by atoms with E-state index in [9.17, 15) is 4.79 Å². The number of benzene rings is 2. The van der Waals surface area contributed by atoms with Gasteiger partial charge in [-0.05, 0) is 62.2 Å². The van der Waals surface area contributed by atoms with Crippen LogP contribution in [0.3, 0.4) is 0 Å². The van der Waals surface area contributed by atoms with Crippen molar-refractivity contribution in [2.45, 2.75) is 32.1 Å². The van der Waals surface area contributed by atoms with E-state index in [-0.39, 0.29) is 5.91 Å². The molecule has 2 aromatic rings. The van der Waals surface area contributed by atoms with Gasteiger partial charge >= 0.3 is 0 Å². The maximum absolute atomic E-state index is 10.9. The predicted octanol–water partition coefficient (Wildman–Crippen LogP) is 3.90. The summed E-state index contributed by atoms with van der Waals surface area (Å²) >= 11 is 0. The molecule has 0 aliphatic rings. The van der Waals surface area contributed by atoms with Crippen LogP contribution in [0.2, 0.25) is 0 Å². The summed E-state index contributed by atoms with van der Waals surface area (Å²) in [7, 11) is 4.07. The molecule has 5 nitrogen and oxygen atoms in total. The monoisotopic (exact) mass is 370 g/mol. The SMILES string of the molecule is CN(C)CCOc1ccc(-c2ccc(CCCCCC(=O)NO)cc2)cc1. The van der Waals surface area contributed by atoms with Crippen LogP contribution in [-0.2, 0) is 11.2 Å². The highest BCUT2D eigenvalue weighted by molar-refractivity contribution is 5.74. The van der Waals surface area contributed by atoms with Crippen molar-refractivity contribution in [1.82, 2.24) is 10.4 Å². The summed E-state index contributed by atoms with van der Waals surface area (Å²) in [6.07, 6.45) is 4.19. The van der Waals surface area contributed by atoms with Crippen LogP contribution in [-0.4, -0.2) is 43.3 Å². The van der Waals surface area contributed by atoms with E-state index in [4.69, 9.17) is 9.94 Å². The number of aryl methyl sites for hydroxylation is 1. The second kappa shape index (κ2) is 11.4. The van der Waals surface area contributed by atoms with Crippen molar-refractivity contribution < 1.29 is 14.7 Å². The number of ether oxygens (including phenoxy) is 1. The van der Waals surface area contributed by atoms with Crippen molar-refractivity contribution >= 4 is 5.91 Å². The van der Waals surface area contributed by atoms with Crippen LogP contribution < -0.4 is 10.2 Å². The van der Waals surface area contributed by atoms with Gasteiger partial charge in [-0.2, -0.15) is 0 Å². The molecule has 0 aromatic heterocycles. The van der Waals surface area contributed by atoms with Gasteiger partial charge in [-0.1, -0.05) is 42.8 Å². The molecule has 0 unspecified atom stereocenters. The summed E-state index contributed by atoms with van der Waals surface area (Å²) in [5.41, 5.74) is 5.33. The van der Waals surface area contributed by atoms with E-state index in [1.165, 1.54) is 16.7 Å². The molecule has 0 saturated carbocycles. The van der Waals surface area contributed by atoms with Crippen LogP contribution in [0.1, 0.15) is 31.2 Å². The molecule has 0 saturated heterocycles. The van der Waals surface area contributed by atoms with Crippen molar-refractivity contribution in [3.05, 3.63) is 54.1 Å². The number of nitrogens with one attached hydrogen (secondary N) is 1. The number of hydrogen-bond acceptors (Lipinski definition) is 4. The van der Waals surface area contributed by atoms with Crippen LogP contribution in [0.25, 0.3) is 11.1 Å². The minimum absolute atomic E-state index is 0.312. The zero-order valence-electron chi connectivity index (χ0n) is 16.3. The first kappa shape index (κ1) is 20.9. The normalized spacial score (nSPS) is 10.8. The quantitative estimate of drug-likeness (QED) is 0.358. The highest BCUT2D eigenvalue weighted by Crippen LogP contribution is 2.23. The average molecular weight is 370 g/mol. The topological polar surface area (TPSA) is 61.8 Å². The van der Waals surface area contributed by atoms with Gasteiger partial charge in [-0.15, -0.1) is 0 Å². The van der Waals surface area contributed by atoms with E-state index in [1.54, 1.807) is 5.48 Å². The first-order valence-corrected chi connectivity index (χ1v) is 9.48. The second-order valence-corrected chi connectivity index (χ2v) is 6.97. The Morgan fingerprint density at radius 3 is 2.19 bits per heavy atom. The minimum Gasteiger partial charge on any atom is -0.492 e. The number of hydrogen-bond donors (Lipinski definition) is 2. The summed E-state index contributed by atoms with van der Waals surface area (Å²) < 4.78 is 5.73. The lowest BCUT2D eigenvalue weighted by atomic mass is 10.0. The van der Waals surface area contributed by atoms with Gasteiger partial charge in [0, 0.05) is 13.0 Å². The molecule has 146 valence electrons. The molecule has 0 aliphatic heterocycles. The third-order valence-corrected chi connectivity index (χ3v) is 4.44.